The maximum atomic E-state index is 12.4. The molecule has 2 heterocycles. The summed E-state index contributed by atoms with van der Waals surface area (Å²) in [4.78, 5) is 3.49. The van der Waals surface area contributed by atoms with E-state index in [9.17, 15) is 21.6 Å². The third kappa shape index (κ3) is 2.86. The van der Waals surface area contributed by atoms with E-state index in [2.05, 4.69) is 10.1 Å². The molecule has 0 aliphatic rings. The lowest BCUT2D eigenvalue weighted by atomic mass is 10.3. The highest BCUT2D eigenvalue weighted by Crippen LogP contribution is 2.29. The molecule has 0 spiro atoms. The van der Waals surface area contributed by atoms with Gasteiger partial charge in [0.2, 0.25) is 0 Å². The predicted molar refractivity (Wildman–Crippen MR) is 62.4 cm³/mol. The minimum absolute atomic E-state index is 0.214. The van der Waals surface area contributed by atoms with Gasteiger partial charge in [0.15, 0.2) is 10.8 Å². The van der Waals surface area contributed by atoms with Crippen LogP contribution in [0.1, 0.15) is 11.1 Å². The maximum absolute atomic E-state index is 12.4. The van der Waals surface area contributed by atoms with Crippen molar-refractivity contribution in [2.75, 3.05) is 0 Å². The molecule has 0 unspecified atom stereocenters. The second-order valence-corrected chi connectivity index (χ2v) is 5.31. The Morgan fingerprint density at radius 3 is 2.38 bits per heavy atom. The Morgan fingerprint density at radius 2 is 1.95 bits per heavy atom. The van der Waals surface area contributed by atoms with Crippen LogP contribution in [-0.2, 0) is 16.2 Å². The van der Waals surface area contributed by atoms with Crippen LogP contribution in [0.4, 0.5) is 13.2 Å². The number of hydrogen-bond donors (Lipinski definition) is 1. The Kier molecular flexibility index (Phi) is 3.44. The van der Waals surface area contributed by atoms with Crippen LogP contribution in [-0.4, -0.2) is 23.2 Å². The summed E-state index contributed by atoms with van der Waals surface area (Å²) in [7, 11) is -4.30. The first kappa shape index (κ1) is 14.9. The van der Waals surface area contributed by atoms with Crippen molar-refractivity contribution in [2.45, 2.75) is 11.2 Å². The van der Waals surface area contributed by atoms with Crippen LogP contribution in [0.5, 0.6) is 0 Å². The number of nitrogens with zero attached hydrogens (tertiary/aromatic N) is 4. The summed E-state index contributed by atoms with van der Waals surface area (Å²) in [5.41, 5.74) is -1.34. The summed E-state index contributed by atoms with van der Waals surface area (Å²) in [5, 5.41) is 16.7. The van der Waals surface area contributed by atoms with Gasteiger partial charge in [-0.25, -0.2) is 23.2 Å². The van der Waals surface area contributed by atoms with E-state index in [1.165, 1.54) is 0 Å². The standard InChI is InChI=1S/C10H6F3N5O2S/c11-10(12,13)7-1-2-8(16-5-7)18-9(21(15,19)20)6(3-14)4-17-18/h1-2,4-5H,(H2,15,19,20). The van der Waals surface area contributed by atoms with E-state index >= 15 is 0 Å². The molecule has 0 aliphatic carbocycles. The van der Waals surface area contributed by atoms with Crippen LogP contribution in [0.25, 0.3) is 5.82 Å². The van der Waals surface area contributed by atoms with Crippen molar-refractivity contribution in [3.05, 3.63) is 35.7 Å². The van der Waals surface area contributed by atoms with Gasteiger partial charge in [-0.3, -0.25) is 0 Å². The van der Waals surface area contributed by atoms with Gasteiger partial charge < -0.3 is 0 Å². The molecule has 21 heavy (non-hydrogen) atoms. The van der Waals surface area contributed by atoms with Gasteiger partial charge >= 0.3 is 6.18 Å². The third-order valence-corrected chi connectivity index (χ3v) is 3.34. The number of alkyl halides is 3. The monoisotopic (exact) mass is 317 g/mol. The molecule has 0 saturated carbocycles. The third-order valence-electron chi connectivity index (χ3n) is 2.41. The van der Waals surface area contributed by atoms with Gasteiger partial charge in [0.05, 0.1) is 11.8 Å². The van der Waals surface area contributed by atoms with Crippen LogP contribution < -0.4 is 5.14 Å². The van der Waals surface area contributed by atoms with Crippen molar-refractivity contribution in [1.82, 2.24) is 14.8 Å². The maximum Gasteiger partial charge on any atom is 0.417 e. The topological polar surface area (TPSA) is 115 Å². The van der Waals surface area contributed by atoms with Crippen molar-refractivity contribution < 1.29 is 21.6 Å². The molecular formula is C10H6F3N5O2S. The zero-order chi connectivity index (χ0) is 15.8. The number of aromatic nitrogens is 3. The van der Waals surface area contributed by atoms with E-state index in [1.807, 2.05) is 0 Å². The van der Waals surface area contributed by atoms with Gasteiger partial charge in [-0.1, -0.05) is 0 Å². The fourth-order valence-corrected chi connectivity index (χ4v) is 2.32. The van der Waals surface area contributed by atoms with Gasteiger partial charge in [-0.2, -0.15) is 23.5 Å². The Balaban J connectivity index is 2.59. The largest absolute Gasteiger partial charge is 0.417 e. The van der Waals surface area contributed by atoms with Crippen LogP contribution in [0.15, 0.2) is 29.6 Å². The highest BCUT2D eigenvalue weighted by molar-refractivity contribution is 7.89. The molecule has 0 amide bonds. The van der Waals surface area contributed by atoms with Crippen LogP contribution in [0.3, 0.4) is 0 Å². The molecule has 110 valence electrons. The van der Waals surface area contributed by atoms with Gasteiger partial charge in [0, 0.05) is 6.20 Å². The molecule has 2 N–H and O–H groups in total. The van der Waals surface area contributed by atoms with Crippen LogP contribution in [0.2, 0.25) is 0 Å². The summed E-state index contributed by atoms with van der Waals surface area (Å²) in [5.74, 6) is -0.214. The normalized spacial score (nSPS) is 12.1. The Labute approximate surface area is 116 Å². The minimum atomic E-state index is -4.57. The number of halogens is 3. The van der Waals surface area contributed by atoms with Gasteiger partial charge in [0.1, 0.15) is 11.6 Å². The van der Waals surface area contributed by atoms with Gasteiger partial charge in [0.25, 0.3) is 10.0 Å². The lowest BCUT2D eigenvalue weighted by Crippen LogP contribution is -2.19. The molecule has 0 radical (unpaired) electrons. The van der Waals surface area contributed by atoms with Crippen LogP contribution >= 0.6 is 0 Å². The number of rotatable bonds is 2. The average Bonchev–Trinajstić information content (AvgIpc) is 2.81. The summed E-state index contributed by atoms with van der Waals surface area (Å²) >= 11 is 0. The van der Waals surface area contributed by atoms with Crippen molar-refractivity contribution in [3.8, 4) is 11.9 Å². The van der Waals surface area contributed by atoms with Crippen molar-refractivity contribution in [3.63, 3.8) is 0 Å². The fraction of sp³-hybridized carbons (Fsp3) is 0.100. The summed E-state index contributed by atoms with van der Waals surface area (Å²) < 4.78 is 60.9. The first-order chi connectivity index (χ1) is 9.64. The SMILES string of the molecule is N#Cc1cnn(-c2ccc(C(F)(F)F)cn2)c1S(N)(=O)=O. The van der Waals surface area contributed by atoms with Gasteiger partial charge in [-0.05, 0) is 12.1 Å². The Bertz CT molecular complexity index is 818. The second kappa shape index (κ2) is 4.83. The molecular weight excluding hydrogens is 311 g/mol. The number of pyridine rings is 1. The molecule has 0 atom stereocenters. The number of sulfonamides is 1. The van der Waals surface area contributed by atoms with E-state index in [1.54, 1.807) is 6.07 Å². The molecule has 2 rings (SSSR count). The summed E-state index contributed by atoms with van der Waals surface area (Å²) in [6, 6.07) is 3.21. The number of hydrogen-bond acceptors (Lipinski definition) is 5. The van der Waals surface area contributed by atoms with E-state index in [0.717, 1.165) is 12.3 Å². The summed E-state index contributed by atoms with van der Waals surface area (Å²) in [6.07, 6.45) is -3.12. The lowest BCUT2D eigenvalue weighted by Gasteiger charge is -2.08. The highest BCUT2D eigenvalue weighted by Gasteiger charge is 2.31. The fourth-order valence-electron chi connectivity index (χ4n) is 1.53. The number of primary sulfonamides is 1. The van der Waals surface area contributed by atoms with Crippen LogP contribution in [0, 0.1) is 11.3 Å². The van der Waals surface area contributed by atoms with E-state index in [0.29, 0.717) is 16.9 Å². The van der Waals surface area contributed by atoms with Gasteiger partial charge in [-0.15, -0.1) is 0 Å². The smallest absolute Gasteiger partial charge is 0.236 e. The molecule has 2 aromatic heterocycles. The van der Waals surface area contributed by atoms with Crippen molar-refractivity contribution >= 4 is 10.0 Å². The Morgan fingerprint density at radius 1 is 1.29 bits per heavy atom. The minimum Gasteiger partial charge on any atom is -0.236 e. The van der Waals surface area contributed by atoms with E-state index in [-0.39, 0.29) is 11.4 Å². The first-order valence-electron chi connectivity index (χ1n) is 5.19. The molecule has 0 fully saturated rings. The predicted octanol–water partition coefficient (Wildman–Crippen LogP) is 0.805. The molecule has 0 aromatic carbocycles. The van der Waals surface area contributed by atoms with Crippen molar-refractivity contribution in [2.24, 2.45) is 5.14 Å². The quantitative estimate of drug-likeness (QED) is 0.880. The molecule has 7 nitrogen and oxygen atoms in total. The average molecular weight is 317 g/mol. The molecule has 0 bridgehead atoms. The number of nitrogens with two attached hydrogens (primary N) is 1. The highest BCUT2D eigenvalue weighted by atomic mass is 32.2. The Hall–Kier alpha value is -2.45. The zero-order valence-corrected chi connectivity index (χ0v) is 10.9. The second-order valence-electron chi connectivity index (χ2n) is 3.83. The molecule has 0 aliphatic heterocycles. The molecule has 0 saturated heterocycles. The number of nitriles is 1. The first-order valence-corrected chi connectivity index (χ1v) is 6.74. The lowest BCUT2D eigenvalue weighted by molar-refractivity contribution is -0.137. The van der Waals surface area contributed by atoms with Crippen molar-refractivity contribution in [1.29, 1.82) is 5.26 Å². The summed E-state index contributed by atoms with van der Waals surface area (Å²) in [6.45, 7) is 0. The zero-order valence-electron chi connectivity index (χ0n) is 10.0. The molecule has 2 aromatic rings. The molecule has 11 heteroatoms. The van der Waals surface area contributed by atoms with E-state index in [4.69, 9.17) is 10.4 Å². The van der Waals surface area contributed by atoms with E-state index < -0.39 is 26.8 Å².